The Morgan fingerprint density at radius 1 is 1.20 bits per heavy atom. The molecule has 1 aromatic heterocycles. The number of nitrogens with zero attached hydrogens (tertiary/aromatic N) is 4. The van der Waals surface area contributed by atoms with Crippen molar-refractivity contribution >= 4 is 17.9 Å². The second-order valence-corrected chi connectivity index (χ2v) is 9.88. The van der Waals surface area contributed by atoms with Crippen molar-refractivity contribution in [2.24, 2.45) is 7.05 Å². The number of carbonyl (C=O) groups excluding carboxylic acids is 3. The number of hydrogen-bond donors (Lipinski definition) is 1. The van der Waals surface area contributed by atoms with Crippen molar-refractivity contribution in [3.63, 3.8) is 0 Å². The van der Waals surface area contributed by atoms with Crippen molar-refractivity contribution in [2.75, 3.05) is 6.54 Å². The topological polar surface area (TPSA) is 105 Å². The molecule has 0 radical (unpaired) electrons. The number of imide groups is 1. The van der Waals surface area contributed by atoms with Gasteiger partial charge in [0.2, 0.25) is 11.5 Å². The number of rotatable bonds is 6. The minimum Gasteiger partial charge on any atom is -0.427 e. The van der Waals surface area contributed by atoms with Crippen LogP contribution in [0.4, 0.5) is 22.4 Å². The van der Waals surface area contributed by atoms with Gasteiger partial charge in [0.1, 0.15) is 18.4 Å². The average Bonchev–Trinajstić information content (AvgIpc) is 3.52. The monoisotopic (exact) mass is 560 g/mol. The van der Waals surface area contributed by atoms with Gasteiger partial charge in [0, 0.05) is 37.3 Å². The van der Waals surface area contributed by atoms with Crippen molar-refractivity contribution in [3.05, 3.63) is 77.4 Å². The van der Waals surface area contributed by atoms with Gasteiger partial charge in [-0.3, -0.25) is 14.3 Å². The number of aryl methyl sites for hydroxylation is 1. The highest BCUT2D eigenvalue weighted by molar-refractivity contribution is 6.06. The molecular formula is C27H24F4N4O5. The number of amides is 3. The third-order valence-electron chi connectivity index (χ3n) is 7.26. The van der Waals surface area contributed by atoms with Crippen molar-refractivity contribution in [3.8, 4) is 11.1 Å². The summed E-state index contributed by atoms with van der Waals surface area (Å²) in [6.45, 7) is -0.780. The van der Waals surface area contributed by atoms with E-state index >= 15 is 0 Å². The number of aromatic nitrogens is 2. The van der Waals surface area contributed by atoms with E-state index in [1.54, 1.807) is 36.3 Å². The zero-order valence-electron chi connectivity index (χ0n) is 21.4. The van der Waals surface area contributed by atoms with E-state index < -0.39 is 60.7 Å². The molecule has 1 saturated heterocycles. The van der Waals surface area contributed by atoms with Crippen LogP contribution in [0.25, 0.3) is 11.1 Å². The molecule has 1 aliphatic carbocycles. The van der Waals surface area contributed by atoms with Gasteiger partial charge in [0.25, 0.3) is 5.91 Å². The molecule has 0 bridgehead atoms. The lowest BCUT2D eigenvalue weighted by molar-refractivity contribution is -0.187. The molecule has 1 spiro atoms. The third kappa shape index (κ3) is 4.70. The Morgan fingerprint density at radius 2 is 1.90 bits per heavy atom. The van der Waals surface area contributed by atoms with Gasteiger partial charge in [-0.1, -0.05) is 24.3 Å². The number of ether oxygens (including phenoxy) is 1. The Hall–Kier alpha value is -4.26. The predicted octanol–water partition coefficient (Wildman–Crippen LogP) is 3.82. The molecule has 3 aromatic rings. The van der Waals surface area contributed by atoms with Gasteiger partial charge < -0.3 is 14.7 Å². The van der Waals surface area contributed by atoms with E-state index in [-0.39, 0.29) is 17.5 Å². The van der Waals surface area contributed by atoms with E-state index in [1.807, 2.05) is 0 Å². The van der Waals surface area contributed by atoms with E-state index in [0.29, 0.717) is 20.9 Å². The SMILES string of the molecule is C[C@H](N(Cc1ccc(F)cc1)C(=O)CN1C(=O)O[C@@]2(C[C@@H](O)c3cc(-c4cnn(C)c4)ccc32)C1=O)C(F)(F)F. The van der Waals surface area contributed by atoms with Crippen molar-refractivity contribution in [2.45, 2.75) is 43.8 Å². The summed E-state index contributed by atoms with van der Waals surface area (Å²) < 4.78 is 61.3. The molecule has 40 heavy (non-hydrogen) atoms. The van der Waals surface area contributed by atoms with Gasteiger partial charge >= 0.3 is 12.3 Å². The van der Waals surface area contributed by atoms with E-state index in [0.717, 1.165) is 24.6 Å². The van der Waals surface area contributed by atoms with Crippen LogP contribution < -0.4 is 0 Å². The first-order valence-corrected chi connectivity index (χ1v) is 12.3. The largest absolute Gasteiger partial charge is 0.427 e. The molecule has 2 aromatic carbocycles. The Bertz CT molecular complexity index is 1490. The molecule has 2 aliphatic rings. The molecule has 210 valence electrons. The Labute approximate surface area is 225 Å². The fourth-order valence-electron chi connectivity index (χ4n) is 5.06. The van der Waals surface area contributed by atoms with Crippen LogP contribution in [0.2, 0.25) is 0 Å². The number of halogens is 4. The normalized spacial score (nSPS) is 21.1. The summed E-state index contributed by atoms with van der Waals surface area (Å²) >= 11 is 0. The molecule has 13 heteroatoms. The molecule has 3 amide bonds. The number of hydrogen-bond acceptors (Lipinski definition) is 6. The smallest absolute Gasteiger partial charge is 0.418 e. The van der Waals surface area contributed by atoms with Gasteiger partial charge in [-0.2, -0.15) is 18.3 Å². The molecule has 5 rings (SSSR count). The predicted molar refractivity (Wildman–Crippen MR) is 131 cm³/mol. The zero-order chi connectivity index (χ0) is 29.0. The van der Waals surface area contributed by atoms with Crippen LogP contribution in [0.5, 0.6) is 0 Å². The van der Waals surface area contributed by atoms with E-state index in [1.165, 1.54) is 18.2 Å². The van der Waals surface area contributed by atoms with Gasteiger partial charge in [0.15, 0.2) is 0 Å². The molecule has 1 aliphatic heterocycles. The highest BCUT2D eigenvalue weighted by atomic mass is 19.4. The number of benzene rings is 2. The molecule has 1 N–H and O–H groups in total. The third-order valence-corrected chi connectivity index (χ3v) is 7.26. The summed E-state index contributed by atoms with van der Waals surface area (Å²) in [4.78, 5) is 40.5. The van der Waals surface area contributed by atoms with Crippen molar-refractivity contribution in [1.29, 1.82) is 0 Å². The molecule has 3 atom stereocenters. The van der Waals surface area contributed by atoms with Gasteiger partial charge in [0.05, 0.1) is 12.3 Å². The molecular weight excluding hydrogens is 536 g/mol. The Kier molecular flexibility index (Phi) is 6.65. The summed E-state index contributed by atoms with van der Waals surface area (Å²) in [6.07, 6.45) is -4.14. The minimum atomic E-state index is -4.81. The van der Waals surface area contributed by atoms with Crippen LogP contribution in [-0.2, 0) is 33.5 Å². The Morgan fingerprint density at radius 3 is 2.52 bits per heavy atom. The highest BCUT2D eigenvalue weighted by Gasteiger charge is 2.61. The lowest BCUT2D eigenvalue weighted by Gasteiger charge is -2.31. The zero-order valence-corrected chi connectivity index (χ0v) is 21.4. The van der Waals surface area contributed by atoms with Crippen LogP contribution in [0.3, 0.4) is 0 Å². The fraction of sp³-hybridized carbons (Fsp3) is 0.333. The number of alkyl halides is 3. The summed E-state index contributed by atoms with van der Waals surface area (Å²) in [5.74, 6) is -2.73. The first-order valence-electron chi connectivity index (χ1n) is 12.3. The van der Waals surface area contributed by atoms with Gasteiger partial charge in [-0.15, -0.1) is 0 Å². The maximum absolute atomic E-state index is 13.6. The Balaban J connectivity index is 1.41. The van der Waals surface area contributed by atoms with Gasteiger partial charge in [-0.25, -0.2) is 14.1 Å². The lowest BCUT2D eigenvalue weighted by atomic mass is 9.93. The summed E-state index contributed by atoms with van der Waals surface area (Å²) in [6, 6.07) is 7.15. The van der Waals surface area contributed by atoms with Crippen molar-refractivity contribution in [1.82, 2.24) is 19.6 Å². The minimum absolute atomic E-state index is 0.218. The molecule has 9 nitrogen and oxygen atoms in total. The highest BCUT2D eigenvalue weighted by Crippen LogP contribution is 2.50. The average molecular weight is 561 g/mol. The van der Waals surface area contributed by atoms with Crippen LogP contribution in [0.15, 0.2) is 54.9 Å². The maximum atomic E-state index is 13.6. The first kappa shape index (κ1) is 27.3. The molecule has 2 heterocycles. The summed E-state index contributed by atoms with van der Waals surface area (Å²) in [7, 11) is 1.74. The van der Waals surface area contributed by atoms with E-state index in [2.05, 4.69) is 5.10 Å². The lowest BCUT2D eigenvalue weighted by Crippen LogP contribution is -2.51. The second-order valence-electron chi connectivity index (χ2n) is 9.88. The van der Waals surface area contributed by atoms with E-state index in [4.69, 9.17) is 4.74 Å². The summed E-state index contributed by atoms with van der Waals surface area (Å²) in [5, 5.41) is 14.9. The number of aliphatic hydroxyl groups excluding tert-OH is 1. The number of fused-ring (bicyclic) bond motifs is 2. The number of aliphatic hydroxyl groups is 1. The second kappa shape index (κ2) is 9.73. The fourth-order valence-corrected chi connectivity index (χ4v) is 5.06. The standard InChI is InChI=1S/C27H24F4N4O5/c1-15(27(29,30)31)34(12-16-3-6-19(28)7-4-16)23(37)14-35-24(38)26(40-25(35)39)10-22(36)20-9-17(5-8-21(20)26)18-11-32-33(2)13-18/h3-9,11,13,15,22,36H,10,12,14H2,1-2H3/t15-,22+,26+/m0/s1. The molecule has 0 saturated carbocycles. The first-order chi connectivity index (χ1) is 18.8. The van der Waals surface area contributed by atoms with Crippen LogP contribution >= 0.6 is 0 Å². The maximum Gasteiger partial charge on any atom is 0.418 e. The van der Waals surface area contributed by atoms with Crippen LogP contribution in [-0.4, -0.2) is 61.4 Å². The van der Waals surface area contributed by atoms with Gasteiger partial charge in [-0.05, 0) is 41.8 Å². The number of carbonyl (C=O) groups is 3. The summed E-state index contributed by atoms with van der Waals surface area (Å²) in [5.41, 5.74) is 0.323. The van der Waals surface area contributed by atoms with Crippen LogP contribution in [0.1, 0.15) is 36.1 Å². The quantitative estimate of drug-likeness (QED) is 0.460. The van der Waals surface area contributed by atoms with Crippen molar-refractivity contribution < 1.29 is 41.8 Å². The molecule has 1 fully saturated rings. The van der Waals surface area contributed by atoms with Crippen LogP contribution in [0, 0.1) is 5.82 Å². The molecule has 0 unspecified atom stereocenters. The van der Waals surface area contributed by atoms with E-state index in [9.17, 15) is 37.1 Å².